The highest BCUT2D eigenvalue weighted by atomic mass is 32.1. The van der Waals surface area contributed by atoms with E-state index in [1.807, 2.05) is 63.2 Å². The first kappa shape index (κ1) is 19.6. The van der Waals surface area contributed by atoms with Gasteiger partial charge in [0.15, 0.2) is 5.76 Å². The largest absolute Gasteiger partial charge is 0.451 e. The molecule has 2 aromatic heterocycles. The number of rotatable bonds is 7. The topological polar surface area (TPSA) is 64.4 Å². The van der Waals surface area contributed by atoms with Crippen molar-refractivity contribution in [2.24, 2.45) is 0 Å². The smallest absolute Gasteiger partial charge is 0.287 e. The number of hydrogen-bond donors (Lipinski definition) is 1. The Morgan fingerprint density at radius 3 is 2.69 bits per heavy atom. The summed E-state index contributed by atoms with van der Waals surface area (Å²) in [6.45, 7) is 6.27. The van der Waals surface area contributed by atoms with E-state index in [1.165, 1.54) is 0 Å². The first-order chi connectivity index (χ1) is 14.0. The van der Waals surface area contributed by atoms with Gasteiger partial charge in [-0.05, 0) is 39.0 Å². The van der Waals surface area contributed by atoms with E-state index in [1.54, 1.807) is 11.3 Å². The van der Waals surface area contributed by atoms with E-state index in [0.717, 1.165) is 26.2 Å². The molecule has 0 spiro atoms. The predicted molar refractivity (Wildman–Crippen MR) is 116 cm³/mol. The maximum absolute atomic E-state index is 13.0. The molecule has 0 aliphatic heterocycles. The van der Waals surface area contributed by atoms with Gasteiger partial charge in [0.2, 0.25) is 0 Å². The Labute approximate surface area is 173 Å². The van der Waals surface area contributed by atoms with Gasteiger partial charge < -0.3 is 14.5 Å². The van der Waals surface area contributed by atoms with Crippen molar-refractivity contribution in [3.8, 4) is 0 Å². The molecule has 0 bridgehead atoms. The molecule has 6 heteroatoms. The molecular weight excluding hydrogens is 384 g/mol. The lowest BCUT2D eigenvalue weighted by molar-refractivity contribution is 0.0642. The summed E-state index contributed by atoms with van der Waals surface area (Å²) in [5.41, 5.74) is 2.48. The number of aromatic nitrogens is 1. The summed E-state index contributed by atoms with van der Waals surface area (Å²) in [4.78, 5) is 17.6. The van der Waals surface area contributed by atoms with E-state index in [2.05, 4.69) is 16.4 Å². The number of thiazole rings is 1. The highest BCUT2D eigenvalue weighted by molar-refractivity contribution is 7.18. The summed E-state index contributed by atoms with van der Waals surface area (Å²) in [6, 6.07) is 15.7. The maximum atomic E-state index is 13.0. The van der Waals surface area contributed by atoms with Crippen molar-refractivity contribution in [3.63, 3.8) is 0 Å². The van der Waals surface area contributed by atoms with E-state index < -0.39 is 0 Å². The van der Waals surface area contributed by atoms with Gasteiger partial charge in [-0.3, -0.25) is 4.79 Å². The number of nitrogens with one attached hydrogen (secondary N) is 1. The lowest BCUT2D eigenvalue weighted by Gasteiger charge is -2.13. The van der Waals surface area contributed by atoms with Crippen LogP contribution in [0.2, 0.25) is 0 Å². The highest BCUT2D eigenvalue weighted by Gasteiger charge is 2.22. The van der Waals surface area contributed by atoms with Crippen LogP contribution in [-0.4, -0.2) is 23.0 Å². The third-order valence-corrected chi connectivity index (χ3v) is 5.72. The van der Waals surface area contributed by atoms with Gasteiger partial charge >= 0.3 is 0 Å². The van der Waals surface area contributed by atoms with Crippen LogP contribution < -0.4 is 5.32 Å². The third-order valence-electron chi connectivity index (χ3n) is 4.66. The van der Waals surface area contributed by atoms with Crippen LogP contribution in [0.5, 0.6) is 0 Å². The third kappa shape index (κ3) is 4.33. The molecule has 1 amide bonds. The quantitative estimate of drug-likeness (QED) is 0.449. The standard InChI is InChI=1S/C23H24N2O3S/c1-14(2)27-13-17-16-8-4-6-10-19(16)28-22(17)23(26)24-15(3)12-21-25-18-9-5-7-11-20(18)29-21/h4-11,14-15H,12-13H2,1-3H3,(H,24,26). The Morgan fingerprint density at radius 2 is 1.90 bits per heavy atom. The molecule has 4 rings (SSSR count). The van der Waals surface area contributed by atoms with Crippen molar-refractivity contribution in [3.05, 3.63) is 64.9 Å². The summed E-state index contributed by atoms with van der Waals surface area (Å²) >= 11 is 1.66. The molecule has 0 aliphatic rings. The molecule has 1 unspecified atom stereocenters. The SMILES string of the molecule is CC(Cc1nc2ccccc2s1)NC(=O)c1oc2ccccc2c1COC(C)C. The van der Waals surface area contributed by atoms with Crippen molar-refractivity contribution < 1.29 is 13.9 Å². The predicted octanol–water partition coefficient (Wildman–Crippen LogP) is 5.33. The number of hydrogen-bond acceptors (Lipinski definition) is 5. The number of ether oxygens (including phenoxy) is 1. The number of nitrogens with zero attached hydrogens (tertiary/aromatic N) is 1. The molecule has 0 saturated heterocycles. The fraction of sp³-hybridized carbons (Fsp3) is 0.304. The van der Waals surface area contributed by atoms with Gasteiger partial charge in [0.25, 0.3) is 5.91 Å². The van der Waals surface area contributed by atoms with E-state index in [9.17, 15) is 4.79 Å². The summed E-state index contributed by atoms with van der Waals surface area (Å²) in [6.07, 6.45) is 0.737. The molecule has 0 aliphatic carbocycles. The number of furan rings is 1. The molecule has 0 radical (unpaired) electrons. The molecule has 1 N–H and O–H groups in total. The van der Waals surface area contributed by atoms with E-state index >= 15 is 0 Å². The minimum atomic E-state index is -0.225. The molecule has 29 heavy (non-hydrogen) atoms. The molecule has 2 aromatic carbocycles. The molecule has 5 nitrogen and oxygen atoms in total. The lowest BCUT2D eigenvalue weighted by atomic mass is 10.1. The fourth-order valence-electron chi connectivity index (χ4n) is 3.29. The minimum Gasteiger partial charge on any atom is -0.451 e. The van der Waals surface area contributed by atoms with Crippen LogP contribution in [0.1, 0.15) is 41.9 Å². The monoisotopic (exact) mass is 408 g/mol. The van der Waals surface area contributed by atoms with Gasteiger partial charge in [-0.1, -0.05) is 30.3 Å². The Morgan fingerprint density at radius 1 is 1.14 bits per heavy atom. The summed E-state index contributed by atoms with van der Waals surface area (Å²) < 4.78 is 12.8. The molecule has 4 aromatic rings. The first-order valence-corrected chi connectivity index (χ1v) is 10.6. The van der Waals surface area contributed by atoms with Crippen LogP contribution in [0, 0.1) is 0 Å². The maximum Gasteiger partial charge on any atom is 0.287 e. The number of fused-ring (bicyclic) bond motifs is 2. The van der Waals surface area contributed by atoms with Crippen molar-refractivity contribution in [2.75, 3.05) is 0 Å². The normalized spacial score (nSPS) is 12.7. The van der Waals surface area contributed by atoms with Gasteiger partial charge in [0.05, 0.1) is 27.9 Å². The van der Waals surface area contributed by atoms with Gasteiger partial charge in [-0.25, -0.2) is 4.98 Å². The average molecular weight is 409 g/mol. The highest BCUT2D eigenvalue weighted by Crippen LogP contribution is 2.27. The molecule has 0 saturated carbocycles. The molecule has 2 heterocycles. The van der Waals surface area contributed by atoms with Gasteiger partial charge in [0.1, 0.15) is 5.58 Å². The number of para-hydroxylation sites is 2. The van der Waals surface area contributed by atoms with Crippen molar-refractivity contribution in [1.82, 2.24) is 10.3 Å². The Bertz CT molecular complexity index is 1110. The van der Waals surface area contributed by atoms with Crippen LogP contribution in [0.3, 0.4) is 0 Å². The van der Waals surface area contributed by atoms with Crippen LogP contribution in [0.4, 0.5) is 0 Å². The first-order valence-electron chi connectivity index (χ1n) is 9.78. The number of carbonyl (C=O) groups excluding carboxylic acids is 1. The Kier molecular flexibility index (Phi) is 5.65. The summed E-state index contributed by atoms with van der Waals surface area (Å²) in [5, 5.41) is 4.98. The summed E-state index contributed by atoms with van der Waals surface area (Å²) in [7, 11) is 0. The Hall–Kier alpha value is -2.70. The van der Waals surface area contributed by atoms with Gasteiger partial charge in [-0.15, -0.1) is 11.3 Å². The zero-order valence-electron chi connectivity index (χ0n) is 16.8. The van der Waals surface area contributed by atoms with Crippen molar-refractivity contribution in [1.29, 1.82) is 0 Å². The van der Waals surface area contributed by atoms with Crippen LogP contribution in [0.25, 0.3) is 21.2 Å². The van der Waals surface area contributed by atoms with Crippen LogP contribution in [0.15, 0.2) is 52.9 Å². The second kappa shape index (κ2) is 8.35. The zero-order chi connectivity index (χ0) is 20.4. The molecule has 1 atom stereocenters. The van der Waals surface area contributed by atoms with E-state index in [4.69, 9.17) is 9.15 Å². The van der Waals surface area contributed by atoms with Crippen molar-refractivity contribution in [2.45, 2.75) is 45.9 Å². The molecular formula is C23H24N2O3S. The number of carbonyl (C=O) groups is 1. The molecule has 0 fully saturated rings. The summed E-state index contributed by atoms with van der Waals surface area (Å²) in [5.74, 6) is 0.0974. The van der Waals surface area contributed by atoms with Gasteiger partial charge in [0, 0.05) is 23.4 Å². The fourth-order valence-corrected chi connectivity index (χ4v) is 4.38. The Balaban J connectivity index is 1.52. The van der Waals surface area contributed by atoms with Gasteiger partial charge in [-0.2, -0.15) is 0 Å². The number of benzene rings is 2. The average Bonchev–Trinajstić information content (AvgIpc) is 3.26. The van der Waals surface area contributed by atoms with Crippen LogP contribution >= 0.6 is 11.3 Å². The minimum absolute atomic E-state index is 0.0672. The van der Waals surface area contributed by atoms with E-state index in [-0.39, 0.29) is 18.1 Å². The lowest BCUT2D eigenvalue weighted by Crippen LogP contribution is -2.34. The van der Waals surface area contributed by atoms with E-state index in [0.29, 0.717) is 24.4 Å². The van der Waals surface area contributed by atoms with Crippen LogP contribution in [-0.2, 0) is 17.8 Å². The second-order valence-electron chi connectivity index (χ2n) is 7.42. The van der Waals surface area contributed by atoms with Crippen molar-refractivity contribution >= 4 is 38.4 Å². The zero-order valence-corrected chi connectivity index (χ0v) is 17.6. The number of amides is 1. The molecule has 150 valence electrons. The second-order valence-corrected chi connectivity index (χ2v) is 8.53.